The first kappa shape index (κ1) is 16.5. The van der Waals surface area contributed by atoms with E-state index in [-0.39, 0.29) is 5.91 Å². The zero-order chi connectivity index (χ0) is 14.8. The molecule has 0 heterocycles. The van der Waals surface area contributed by atoms with E-state index in [0.29, 0.717) is 6.42 Å². The largest absolute Gasteiger partial charge is 0.497 e. The zero-order valence-electron chi connectivity index (χ0n) is 13.0. The van der Waals surface area contributed by atoms with Crippen LogP contribution in [0.5, 0.6) is 5.75 Å². The van der Waals surface area contributed by atoms with Crippen LogP contribution >= 0.6 is 0 Å². The summed E-state index contributed by atoms with van der Waals surface area (Å²) in [4.78, 5) is 13.7. The van der Waals surface area contributed by atoms with E-state index in [1.54, 1.807) is 7.11 Å². The summed E-state index contributed by atoms with van der Waals surface area (Å²) >= 11 is 0. The van der Waals surface area contributed by atoms with Gasteiger partial charge in [-0.2, -0.15) is 0 Å². The van der Waals surface area contributed by atoms with Gasteiger partial charge in [-0.05, 0) is 43.4 Å². The average Bonchev–Trinajstić information content (AvgIpc) is 2.49. The van der Waals surface area contributed by atoms with Crippen molar-refractivity contribution in [3.63, 3.8) is 0 Å². The van der Waals surface area contributed by atoms with Gasteiger partial charge >= 0.3 is 0 Å². The van der Waals surface area contributed by atoms with Gasteiger partial charge in [0, 0.05) is 20.0 Å². The standard InChI is InChI=1S/C17H27NO2/c1-4-5-14-18(2)17(19)9-7-6-8-15-10-12-16(20-3)13-11-15/h10-13H,4-9,14H2,1-3H3. The number of unbranched alkanes of at least 4 members (excludes halogenated alkanes) is 2. The highest BCUT2D eigenvalue weighted by atomic mass is 16.5. The second-order valence-corrected chi connectivity index (χ2v) is 5.22. The molecule has 1 amide bonds. The van der Waals surface area contributed by atoms with Gasteiger partial charge < -0.3 is 9.64 Å². The third-order valence-electron chi connectivity index (χ3n) is 3.54. The van der Waals surface area contributed by atoms with Crippen LogP contribution in [0.3, 0.4) is 0 Å². The van der Waals surface area contributed by atoms with Crippen molar-refractivity contribution in [3.8, 4) is 5.75 Å². The Morgan fingerprint density at radius 1 is 1.15 bits per heavy atom. The van der Waals surface area contributed by atoms with Gasteiger partial charge in [-0.1, -0.05) is 25.5 Å². The number of ether oxygens (including phenoxy) is 1. The highest BCUT2D eigenvalue weighted by Crippen LogP contribution is 2.13. The average molecular weight is 277 g/mol. The van der Waals surface area contributed by atoms with Crippen molar-refractivity contribution in [1.82, 2.24) is 4.90 Å². The lowest BCUT2D eigenvalue weighted by Crippen LogP contribution is -2.27. The van der Waals surface area contributed by atoms with Gasteiger partial charge in [-0.15, -0.1) is 0 Å². The lowest BCUT2D eigenvalue weighted by Gasteiger charge is -2.16. The Hall–Kier alpha value is -1.51. The van der Waals surface area contributed by atoms with Crippen LogP contribution < -0.4 is 4.74 Å². The molecule has 0 atom stereocenters. The maximum atomic E-state index is 11.9. The second kappa shape index (κ2) is 9.40. The zero-order valence-corrected chi connectivity index (χ0v) is 13.0. The summed E-state index contributed by atoms with van der Waals surface area (Å²) < 4.78 is 5.13. The van der Waals surface area contributed by atoms with E-state index in [4.69, 9.17) is 4.74 Å². The Morgan fingerprint density at radius 3 is 2.45 bits per heavy atom. The molecule has 0 fully saturated rings. The molecule has 3 nitrogen and oxygen atoms in total. The molecule has 0 saturated heterocycles. The van der Waals surface area contributed by atoms with E-state index in [9.17, 15) is 4.79 Å². The van der Waals surface area contributed by atoms with Crippen LogP contribution in [0.15, 0.2) is 24.3 Å². The van der Waals surface area contributed by atoms with Crippen molar-refractivity contribution < 1.29 is 9.53 Å². The molecule has 0 aliphatic carbocycles. The molecule has 0 aliphatic rings. The maximum Gasteiger partial charge on any atom is 0.222 e. The van der Waals surface area contributed by atoms with Crippen LogP contribution in [0.2, 0.25) is 0 Å². The number of hydrogen-bond donors (Lipinski definition) is 0. The molecule has 0 N–H and O–H groups in total. The smallest absolute Gasteiger partial charge is 0.222 e. The normalized spacial score (nSPS) is 10.3. The molecule has 20 heavy (non-hydrogen) atoms. The summed E-state index contributed by atoms with van der Waals surface area (Å²) in [7, 11) is 3.58. The molecular weight excluding hydrogens is 250 g/mol. The fraction of sp³-hybridized carbons (Fsp3) is 0.588. The fourth-order valence-corrected chi connectivity index (χ4v) is 2.11. The topological polar surface area (TPSA) is 29.5 Å². The molecule has 1 aromatic rings. The summed E-state index contributed by atoms with van der Waals surface area (Å²) in [5.74, 6) is 1.16. The van der Waals surface area contributed by atoms with E-state index in [1.807, 2.05) is 24.1 Å². The minimum absolute atomic E-state index is 0.271. The van der Waals surface area contributed by atoms with Crippen LogP contribution in [0, 0.1) is 0 Å². The van der Waals surface area contributed by atoms with E-state index in [0.717, 1.165) is 44.4 Å². The Morgan fingerprint density at radius 2 is 1.85 bits per heavy atom. The SMILES string of the molecule is CCCCN(C)C(=O)CCCCc1ccc(OC)cc1. The highest BCUT2D eigenvalue weighted by Gasteiger charge is 2.07. The number of aryl methyl sites for hydroxylation is 1. The van der Waals surface area contributed by atoms with Crippen LogP contribution in [-0.4, -0.2) is 31.5 Å². The molecule has 0 spiro atoms. The molecule has 0 saturated carbocycles. The summed E-state index contributed by atoms with van der Waals surface area (Å²) in [6.07, 6.45) is 5.93. The van der Waals surface area contributed by atoms with Gasteiger partial charge in [0.1, 0.15) is 5.75 Å². The lowest BCUT2D eigenvalue weighted by atomic mass is 10.1. The Labute approximate surface area is 122 Å². The quantitative estimate of drug-likeness (QED) is 0.645. The minimum atomic E-state index is 0.271. The maximum absolute atomic E-state index is 11.9. The Balaban J connectivity index is 2.18. The number of carbonyl (C=O) groups excluding carboxylic acids is 1. The molecule has 0 radical (unpaired) electrons. The van der Waals surface area contributed by atoms with E-state index < -0.39 is 0 Å². The van der Waals surface area contributed by atoms with Crippen LogP contribution in [0.4, 0.5) is 0 Å². The van der Waals surface area contributed by atoms with Crippen molar-refractivity contribution >= 4 is 5.91 Å². The third kappa shape index (κ3) is 6.09. The first-order valence-electron chi connectivity index (χ1n) is 7.54. The molecular formula is C17H27NO2. The van der Waals surface area contributed by atoms with E-state index in [2.05, 4.69) is 19.1 Å². The van der Waals surface area contributed by atoms with E-state index >= 15 is 0 Å². The van der Waals surface area contributed by atoms with Crippen LogP contribution in [-0.2, 0) is 11.2 Å². The van der Waals surface area contributed by atoms with E-state index in [1.165, 1.54) is 5.56 Å². The third-order valence-corrected chi connectivity index (χ3v) is 3.54. The van der Waals surface area contributed by atoms with Gasteiger partial charge in [0.05, 0.1) is 7.11 Å². The predicted octanol–water partition coefficient (Wildman–Crippen LogP) is 3.67. The molecule has 0 bridgehead atoms. The van der Waals surface area contributed by atoms with Gasteiger partial charge in [-0.25, -0.2) is 0 Å². The number of nitrogens with zero attached hydrogens (tertiary/aromatic N) is 1. The Bertz CT molecular complexity index is 386. The molecule has 3 heteroatoms. The number of hydrogen-bond acceptors (Lipinski definition) is 2. The fourth-order valence-electron chi connectivity index (χ4n) is 2.11. The van der Waals surface area contributed by atoms with Gasteiger partial charge in [-0.3, -0.25) is 4.79 Å². The number of benzene rings is 1. The Kier molecular flexibility index (Phi) is 7.78. The molecule has 1 rings (SSSR count). The molecule has 1 aromatic carbocycles. The number of methoxy groups -OCH3 is 1. The monoisotopic (exact) mass is 277 g/mol. The van der Waals surface area contributed by atoms with Gasteiger partial charge in [0.2, 0.25) is 5.91 Å². The minimum Gasteiger partial charge on any atom is -0.497 e. The number of amides is 1. The second-order valence-electron chi connectivity index (χ2n) is 5.22. The summed E-state index contributed by atoms with van der Waals surface area (Å²) in [5, 5.41) is 0. The summed E-state index contributed by atoms with van der Waals surface area (Å²) in [5.41, 5.74) is 1.30. The number of carbonyl (C=O) groups is 1. The molecule has 0 aliphatic heterocycles. The predicted molar refractivity (Wildman–Crippen MR) is 83.1 cm³/mol. The lowest BCUT2D eigenvalue weighted by molar-refractivity contribution is -0.130. The van der Waals surface area contributed by atoms with Gasteiger partial charge in [0.25, 0.3) is 0 Å². The molecule has 112 valence electrons. The molecule has 0 aromatic heterocycles. The van der Waals surface area contributed by atoms with Crippen molar-refractivity contribution in [2.45, 2.75) is 45.4 Å². The van der Waals surface area contributed by atoms with Crippen molar-refractivity contribution in [3.05, 3.63) is 29.8 Å². The summed E-state index contributed by atoms with van der Waals surface area (Å²) in [6, 6.07) is 8.15. The number of rotatable bonds is 9. The van der Waals surface area contributed by atoms with Crippen LogP contribution in [0.1, 0.15) is 44.6 Å². The molecule has 0 unspecified atom stereocenters. The first-order valence-corrected chi connectivity index (χ1v) is 7.54. The van der Waals surface area contributed by atoms with Crippen LogP contribution in [0.25, 0.3) is 0 Å². The van der Waals surface area contributed by atoms with Crippen molar-refractivity contribution in [2.24, 2.45) is 0 Å². The summed E-state index contributed by atoms with van der Waals surface area (Å²) in [6.45, 7) is 3.03. The van der Waals surface area contributed by atoms with Crippen molar-refractivity contribution in [1.29, 1.82) is 0 Å². The first-order chi connectivity index (χ1) is 9.67. The highest BCUT2D eigenvalue weighted by molar-refractivity contribution is 5.75. The van der Waals surface area contributed by atoms with Crippen molar-refractivity contribution in [2.75, 3.05) is 20.7 Å². The van der Waals surface area contributed by atoms with Gasteiger partial charge in [0.15, 0.2) is 0 Å².